The Bertz CT molecular complexity index is 644. The van der Waals surface area contributed by atoms with E-state index in [0.29, 0.717) is 5.92 Å². The summed E-state index contributed by atoms with van der Waals surface area (Å²) < 4.78 is 0. The van der Waals surface area contributed by atoms with Gasteiger partial charge in [0, 0.05) is 23.7 Å². The Labute approximate surface area is 135 Å². The largest absolute Gasteiger partial charge is 0.289 e. The summed E-state index contributed by atoms with van der Waals surface area (Å²) in [5.41, 5.74) is 9.71. The Balaban J connectivity index is 2.45. The lowest BCUT2D eigenvalue weighted by Crippen LogP contribution is -2.05. The zero-order chi connectivity index (χ0) is 16.3. The van der Waals surface area contributed by atoms with Crippen molar-refractivity contribution in [2.75, 3.05) is 6.54 Å². The predicted molar refractivity (Wildman–Crippen MR) is 98.6 cm³/mol. The summed E-state index contributed by atoms with van der Waals surface area (Å²) in [7, 11) is 0. The second-order valence-electron chi connectivity index (χ2n) is 6.43. The van der Waals surface area contributed by atoms with Crippen molar-refractivity contribution in [1.82, 2.24) is 0 Å². The lowest BCUT2D eigenvalue weighted by Gasteiger charge is -2.17. The topological polar surface area (TPSA) is 12.4 Å². The van der Waals surface area contributed by atoms with Crippen LogP contribution < -0.4 is 0 Å². The molecule has 0 amide bonds. The molecule has 1 aliphatic carbocycles. The lowest BCUT2D eigenvalue weighted by molar-refractivity contribution is 0.808. The maximum Gasteiger partial charge on any atom is 0.0395 e. The van der Waals surface area contributed by atoms with Crippen LogP contribution in [0.3, 0.4) is 0 Å². The number of unbranched alkanes of at least 4 members (excludes halogenated alkanes) is 1. The van der Waals surface area contributed by atoms with Crippen molar-refractivity contribution >= 4 is 11.3 Å². The van der Waals surface area contributed by atoms with Crippen LogP contribution in [0.2, 0.25) is 0 Å². The van der Waals surface area contributed by atoms with Gasteiger partial charge in [0.1, 0.15) is 0 Å². The van der Waals surface area contributed by atoms with E-state index in [4.69, 9.17) is 4.99 Å². The summed E-state index contributed by atoms with van der Waals surface area (Å²) in [5, 5.41) is 0. The SMILES string of the molecule is CCCC/N=C(\C)c1ccccc1C1=C(C)C(C)=C(C)C1C. The van der Waals surface area contributed by atoms with Crippen LogP contribution in [0.4, 0.5) is 0 Å². The first kappa shape index (κ1) is 16.7. The molecular weight excluding hydrogens is 266 g/mol. The highest BCUT2D eigenvalue weighted by Crippen LogP contribution is 2.43. The first-order valence-corrected chi connectivity index (χ1v) is 8.48. The Kier molecular flexibility index (Phi) is 5.39. The Morgan fingerprint density at radius 2 is 1.77 bits per heavy atom. The molecule has 0 heterocycles. The van der Waals surface area contributed by atoms with Gasteiger partial charge >= 0.3 is 0 Å². The van der Waals surface area contributed by atoms with Gasteiger partial charge in [-0.2, -0.15) is 0 Å². The molecule has 1 heteroatoms. The summed E-state index contributed by atoms with van der Waals surface area (Å²) in [6.07, 6.45) is 2.36. The maximum atomic E-state index is 4.78. The molecule has 0 saturated heterocycles. The number of rotatable bonds is 5. The number of aliphatic imine (C=N–C) groups is 1. The Morgan fingerprint density at radius 1 is 1.09 bits per heavy atom. The standard InChI is InChI=1S/C21H29N/c1-7-8-13-22-18(6)19-11-9-10-12-20(19)21-16(4)14(2)15(3)17(21)5/h9-12,16H,7-8,13H2,1-6H3/b22-18+. The van der Waals surface area contributed by atoms with Crippen LogP contribution in [0, 0.1) is 5.92 Å². The summed E-state index contributed by atoms with van der Waals surface area (Å²) in [4.78, 5) is 4.78. The monoisotopic (exact) mass is 295 g/mol. The third kappa shape index (κ3) is 3.09. The molecule has 0 aromatic heterocycles. The summed E-state index contributed by atoms with van der Waals surface area (Å²) >= 11 is 0. The maximum absolute atomic E-state index is 4.78. The highest BCUT2D eigenvalue weighted by Gasteiger charge is 2.26. The third-order valence-corrected chi connectivity index (χ3v) is 5.11. The van der Waals surface area contributed by atoms with Crippen LogP contribution in [0.5, 0.6) is 0 Å². The van der Waals surface area contributed by atoms with Gasteiger partial charge in [-0.15, -0.1) is 0 Å². The zero-order valence-electron chi connectivity index (χ0n) is 15.0. The molecule has 0 aliphatic heterocycles. The second kappa shape index (κ2) is 7.09. The van der Waals surface area contributed by atoms with E-state index in [0.717, 1.165) is 13.0 Å². The lowest BCUT2D eigenvalue weighted by atomic mass is 9.88. The quantitative estimate of drug-likeness (QED) is 0.463. The zero-order valence-corrected chi connectivity index (χ0v) is 15.0. The van der Waals surface area contributed by atoms with Crippen molar-refractivity contribution in [2.24, 2.45) is 10.9 Å². The normalized spacial score (nSPS) is 19.4. The molecule has 1 atom stereocenters. The predicted octanol–water partition coefficient (Wildman–Crippen LogP) is 6.06. The molecule has 1 aliphatic rings. The molecule has 118 valence electrons. The van der Waals surface area contributed by atoms with E-state index in [1.807, 2.05) is 0 Å². The van der Waals surface area contributed by atoms with Gasteiger partial charge in [-0.3, -0.25) is 4.99 Å². The summed E-state index contributed by atoms with van der Waals surface area (Å²) in [6.45, 7) is 14.4. The van der Waals surface area contributed by atoms with E-state index in [2.05, 4.69) is 65.8 Å². The van der Waals surface area contributed by atoms with E-state index in [1.165, 1.54) is 45.6 Å². The van der Waals surface area contributed by atoms with Gasteiger partial charge in [0.25, 0.3) is 0 Å². The molecule has 2 rings (SSSR count). The van der Waals surface area contributed by atoms with E-state index in [-0.39, 0.29) is 0 Å². The van der Waals surface area contributed by atoms with Crippen LogP contribution in [0.1, 0.15) is 65.5 Å². The first-order valence-electron chi connectivity index (χ1n) is 8.48. The molecule has 22 heavy (non-hydrogen) atoms. The third-order valence-electron chi connectivity index (χ3n) is 5.11. The van der Waals surface area contributed by atoms with Gasteiger partial charge in [0.05, 0.1) is 0 Å². The molecular formula is C21H29N. The van der Waals surface area contributed by atoms with Crippen LogP contribution in [0.15, 0.2) is 46.0 Å². The Morgan fingerprint density at radius 3 is 2.36 bits per heavy atom. The molecule has 1 unspecified atom stereocenters. The van der Waals surface area contributed by atoms with Gasteiger partial charge in [0.15, 0.2) is 0 Å². The molecule has 0 saturated carbocycles. The van der Waals surface area contributed by atoms with Gasteiger partial charge in [-0.25, -0.2) is 0 Å². The molecule has 1 nitrogen and oxygen atoms in total. The van der Waals surface area contributed by atoms with Gasteiger partial charge < -0.3 is 0 Å². The van der Waals surface area contributed by atoms with Crippen LogP contribution >= 0.6 is 0 Å². The Hall–Kier alpha value is -1.63. The number of hydrogen-bond acceptors (Lipinski definition) is 1. The van der Waals surface area contributed by atoms with Gasteiger partial charge in [-0.05, 0) is 56.4 Å². The summed E-state index contributed by atoms with van der Waals surface area (Å²) in [6, 6.07) is 8.75. The molecule has 0 bridgehead atoms. The smallest absolute Gasteiger partial charge is 0.0395 e. The minimum atomic E-state index is 0.504. The number of benzene rings is 1. The van der Waals surface area contributed by atoms with Gasteiger partial charge in [-0.1, -0.05) is 50.1 Å². The van der Waals surface area contributed by atoms with Crippen LogP contribution in [-0.2, 0) is 0 Å². The molecule has 1 aromatic carbocycles. The fourth-order valence-electron chi connectivity index (χ4n) is 3.32. The van der Waals surface area contributed by atoms with Gasteiger partial charge in [0.2, 0.25) is 0 Å². The van der Waals surface area contributed by atoms with Crippen molar-refractivity contribution in [3.63, 3.8) is 0 Å². The molecule has 0 fully saturated rings. The fourth-order valence-corrected chi connectivity index (χ4v) is 3.32. The highest BCUT2D eigenvalue weighted by molar-refractivity contribution is 6.04. The van der Waals surface area contributed by atoms with Crippen molar-refractivity contribution < 1.29 is 0 Å². The minimum Gasteiger partial charge on any atom is -0.289 e. The molecule has 0 N–H and O–H groups in total. The van der Waals surface area contributed by atoms with E-state index >= 15 is 0 Å². The molecule has 0 radical (unpaired) electrons. The number of hydrogen-bond donors (Lipinski definition) is 0. The van der Waals surface area contributed by atoms with Crippen LogP contribution in [0.25, 0.3) is 5.57 Å². The van der Waals surface area contributed by atoms with Crippen molar-refractivity contribution in [1.29, 1.82) is 0 Å². The van der Waals surface area contributed by atoms with Crippen molar-refractivity contribution in [3.8, 4) is 0 Å². The highest BCUT2D eigenvalue weighted by atomic mass is 14.7. The van der Waals surface area contributed by atoms with E-state index in [9.17, 15) is 0 Å². The summed E-state index contributed by atoms with van der Waals surface area (Å²) in [5.74, 6) is 0.504. The van der Waals surface area contributed by atoms with Crippen molar-refractivity contribution in [2.45, 2.75) is 54.4 Å². The molecule has 0 spiro atoms. The van der Waals surface area contributed by atoms with Crippen LogP contribution in [-0.4, -0.2) is 12.3 Å². The van der Waals surface area contributed by atoms with Crippen molar-refractivity contribution in [3.05, 3.63) is 52.1 Å². The van der Waals surface area contributed by atoms with E-state index < -0.39 is 0 Å². The fraction of sp³-hybridized carbons (Fsp3) is 0.476. The molecule has 1 aromatic rings. The first-order chi connectivity index (χ1) is 10.5. The average Bonchev–Trinajstić information content (AvgIpc) is 2.71. The average molecular weight is 295 g/mol. The van der Waals surface area contributed by atoms with E-state index in [1.54, 1.807) is 0 Å². The number of nitrogens with zero attached hydrogens (tertiary/aromatic N) is 1. The minimum absolute atomic E-state index is 0.504. The second-order valence-corrected chi connectivity index (χ2v) is 6.43. The number of allylic oxidation sites excluding steroid dienone is 4.